The molecule has 0 unspecified atom stereocenters. The first-order valence-corrected chi connectivity index (χ1v) is 12.5. The predicted octanol–water partition coefficient (Wildman–Crippen LogP) is 7.41. The first-order valence-electron chi connectivity index (χ1n) is 11.7. The number of carbonyl (C=O) groups is 3. The number of carbonyl (C=O) groups excluding carboxylic acids is 3. The van der Waals surface area contributed by atoms with Crippen LogP contribution >= 0.6 is 23.2 Å². The van der Waals surface area contributed by atoms with Gasteiger partial charge in [0, 0.05) is 10.6 Å². The van der Waals surface area contributed by atoms with E-state index in [9.17, 15) is 27.6 Å². The number of alkyl halides is 3. The van der Waals surface area contributed by atoms with Gasteiger partial charge in [-0.15, -0.1) is 0 Å². The maximum Gasteiger partial charge on any atom is 0.416 e. The molecule has 40 heavy (non-hydrogen) atoms. The number of imide groups is 2. The third kappa shape index (κ3) is 5.38. The Morgan fingerprint density at radius 2 is 1.68 bits per heavy atom. The summed E-state index contributed by atoms with van der Waals surface area (Å²) in [5.41, 5.74) is -1.03. The van der Waals surface area contributed by atoms with Gasteiger partial charge in [-0.1, -0.05) is 65.7 Å². The van der Waals surface area contributed by atoms with Crippen LogP contribution in [0.25, 0.3) is 16.8 Å². The molecule has 4 amide bonds. The van der Waals surface area contributed by atoms with Crippen molar-refractivity contribution in [2.45, 2.75) is 12.8 Å². The van der Waals surface area contributed by atoms with E-state index in [0.717, 1.165) is 23.1 Å². The minimum Gasteiger partial charge on any atom is -0.488 e. The standard InChI is InChI=1S/C29H17Cl2F3N2O4/c30-19-6-3-4-16(12-19)15-40-25-11-8-17-5-1-2-7-20(17)21(25)14-22-26(37)35-28(39)36(27(22)38)24-13-18(29(32,33)34)9-10-23(24)31/h1-14H,15H2,(H,35,37,39)/b22-14-. The van der Waals surface area contributed by atoms with Gasteiger partial charge in [0.1, 0.15) is 17.9 Å². The van der Waals surface area contributed by atoms with E-state index < -0.39 is 40.8 Å². The Balaban J connectivity index is 1.60. The van der Waals surface area contributed by atoms with Crippen LogP contribution in [0, 0.1) is 0 Å². The second-order valence-electron chi connectivity index (χ2n) is 8.74. The molecule has 1 aliphatic heterocycles. The molecule has 0 aliphatic carbocycles. The van der Waals surface area contributed by atoms with E-state index in [1.165, 1.54) is 6.08 Å². The number of anilines is 1. The number of halogens is 5. The molecule has 1 N–H and O–H groups in total. The van der Waals surface area contributed by atoms with Crippen LogP contribution in [-0.4, -0.2) is 17.8 Å². The summed E-state index contributed by atoms with van der Waals surface area (Å²) >= 11 is 12.2. The SMILES string of the molecule is O=C1NC(=O)N(c2cc(C(F)(F)F)ccc2Cl)C(=O)/C1=C\c1c(OCc2cccc(Cl)c2)ccc2ccccc12. The van der Waals surface area contributed by atoms with Crippen LogP contribution in [0.4, 0.5) is 23.7 Å². The van der Waals surface area contributed by atoms with Crippen molar-refractivity contribution in [1.82, 2.24) is 5.32 Å². The number of rotatable bonds is 5. The molecular formula is C29H17Cl2F3N2O4. The minimum absolute atomic E-state index is 0.111. The summed E-state index contributed by atoms with van der Waals surface area (Å²) in [6.07, 6.45) is -3.52. The van der Waals surface area contributed by atoms with Crippen molar-refractivity contribution in [3.05, 3.63) is 111 Å². The molecule has 0 radical (unpaired) electrons. The molecule has 1 aliphatic rings. The van der Waals surface area contributed by atoms with E-state index >= 15 is 0 Å². The number of nitrogens with one attached hydrogen (secondary N) is 1. The lowest BCUT2D eigenvalue weighted by Gasteiger charge is -2.27. The summed E-state index contributed by atoms with van der Waals surface area (Å²) < 4.78 is 46.1. The molecule has 4 aromatic carbocycles. The lowest BCUT2D eigenvalue weighted by molar-refractivity contribution is -0.137. The Bertz CT molecular complexity index is 1720. The lowest BCUT2D eigenvalue weighted by Crippen LogP contribution is -2.54. The summed E-state index contributed by atoms with van der Waals surface area (Å²) in [4.78, 5) is 39.4. The number of urea groups is 1. The van der Waals surface area contributed by atoms with E-state index in [4.69, 9.17) is 27.9 Å². The molecule has 4 aromatic rings. The lowest BCUT2D eigenvalue weighted by atomic mass is 9.99. The van der Waals surface area contributed by atoms with Gasteiger partial charge in [0.25, 0.3) is 11.8 Å². The average molecular weight is 585 g/mol. The van der Waals surface area contributed by atoms with Gasteiger partial charge in [-0.25, -0.2) is 9.69 Å². The number of hydrogen-bond donors (Lipinski definition) is 1. The highest BCUT2D eigenvalue weighted by Gasteiger charge is 2.39. The molecule has 0 atom stereocenters. The molecule has 0 aromatic heterocycles. The van der Waals surface area contributed by atoms with Gasteiger partial charge in [-0.3, -0.25) is 14.9 Å². The second kappa shape index (κ2) is 10.7. The van der Waals surface area contributed by atoms with Crippen LogP contribution in [0.1, 0.15) is 16.7 Å². The molecular weight excluding hydrogens is 568 g/mol. The van der Waals surface area contributed by atoms with Crippen molar-refractivity contribution < 1.29 is 32.3 Å². The molecule has 0 bridgehead atoms. The van der Waals surface area contributed by atoms with Crippen LogP contribution < -0.4 is 15.0 Å². The molecule has 0 saturated carbocycles. The normalized spacial score (nSPS) is 15.1. The minimum atomic E-state index is -4.76. The molecule has 5 rings (SSSR count). The van der Waals surface area contributed by atoms with Crippen molar-refractivity contribution in [1.29, 1.82) is 0 Å². The van der Waals surface area contributed by atoms with E-state index in [2.05, 4.69) is 0 Å². The summed E-state index contributed by atoms with van der Waals surface area (Å²) in [5, 5.41) is 3.63. The molecule has 1 saturated heterocycles. The molecule has 202 valence electrons. The fraction of sp³-hybridized carbons (Fsp3) is 0.0690. The van der Waals surface area contributed by atoms with E-state index in [1.54, 1.807) is 48.5 Å². The van der Waals surface area contributed by atoms with Crippen molar-refractivity contribution in [2.75, 3.05) is 4.90 Å². The van der Waals surface area contributed by atoms with Gasteiger partial charge in [-0.2, -0.15) is 13.2 Å². The molecule has 1 fully saturated rings. The smallest absolute Gasteiger partial charge is 0.416 e. The van der Waals surface area contributed by atoms with E-state index in [1.807, 2.05) is 17.4 Å². The fourth-order valence-corrected chi connectivity index (χ4v) is 4.63. The maximum atomic E-state index is 13.5. The largest absolute Gasteiger partial charge is 0.488 e. The number of hydrogen-bond acceptors (Lipinski definition) is 4. The first-order chi connectivity index (χ1) is 19.0. The number of fused-ring (bicyclic) bond motifs is 1. The second-order valence-corrected chi connectivity index (χ2v) is 9.58. The maximum absolute atomic E-state index is 13.5. The Labute approximate surface area is 235 Å². The zero-order chi connectivity index (χ0) is 28.6. The van der Waals surface area contributed by atoms with Crippen LogP contribution in [0.3, 0.4) is 0 Å². The third-order valence-corrected chi connectivity index (χ3v) is 6.67. The van der Waals surface area contributed by atoms with Crippen molar-refractivity contribution >= 4 is 63.6 Å². The summed E-state index contributed by atoms with van der Waals surface area (Å²) in [6, 6.07) is 18.6. The highest BCUT2D eigenvalue weighted by Crippen LogP contribution is 2.37. The number of benzene rings is 4. The summed E-state index contributed by atoms with van der Waals surface area (Å²) in [6.45, 7) is 0.111. The van der Waals surface area contributed by atoms with Crippen molar-refractivity contribution in [3.63, 3.8) is 0 Å². The van der Waals surface area contributed by atoms with Gasteiger partial charge < -0.3 is 4.74 Å². The van der Waals surface area contributed by atoms with E-state index in [-0.39, 0.29) is 11.6 Å². The van der Waals surface area contributed by atoms with Gasteiger partial charge in [0.05, 0.1) is 16.3 Å². The Hall–Kier alpha value is -4.34. The molecule has 0 spiro atoms. The highest BCUT2D eigenvalue weighted by atomic mass is 35.5. The van der Waals surface area contributed by atoms with Crippen LogP contribution in [-0.2, 0) is 22.4 Å². The first kappa shape index (κ1) is 27.2. The Morgan fingerprint density at radius 3 is 2.42 bits per heavy atom. The number of amides is 4. The van der Waals surface area contributed by atoms with E-state index in [0.29, 0.717) is 32.7 Å². The number of ether oxygens (including phenoxy) is 1. The molecule has 6 nitrogen and oxygen atoms in total. The quantitative estimate of drug-likeness (QED) is 0.196. The monoisotopic (exact) mass is 584 g/mol. The molecule has 11 heteroatoms. The van der Waals surface area contributed by atoms with Crippen LogP contribution in [0.2, 0.25) is 10.0 Å². The zero-order valence-corrected chi connectivity index (χ0v) is 21.8. The van der Waals surface area contributed by atoms with Gasteiger partial charge in [0.15, 0.2) is 0 Å². The summed E-state index contributed by atoms with van der Waals surface area (Å²) in [7, 11) is 0. The zero-order valence-electron chi connectivity index (χ0n) is 20.3. The van der Waals surface area contributed by atoms with Gasteiger partial charge >= 0.3 is 12.2 Å². The highest BCUT2D eigenvalue weighted by molar-refractivity contribution is 6.42. The van der Waals surface area contributed by atoms with Crippen LogP contribution in [0.5, 0.6) is 5.75 Å². The van der Waals surface area contributed by atoms with Gasteiger partial charge in [-0.05, 0) is 58.8 Å². The Kier molecular flexibility index (Phi) is 7.27. The summed E-state index contributed by atoms with van der Waals surface area (Å²) in [5.74, 6) is -1.86. The number of nitrogens with zero attached hydrogens (tertiary/aromatic N) is 1. The molecule has 1 heterocycles. The topological polar surface area (TPSA) is 75.7 Å². The Morgan fingerprint density at radius 1 is 0.900 bits per heavy atom. The third-order valence-electron chi connectivity index (χ3n) is 6.12. The predicted molar refractivity (Wildman–Crippen MR) is 145 cm³/mol. The fourth-order valence-electron chi connectivity index (χ4n) is 4.22. The average Bonchev–Trinajstić information content (AvgIpc) is 2.90. The van der Waals surface area contributed by atoms with Crippen LogP contribution in [0.15, 0.2) is 84.4 Å². The number of barbiturate groups is 1. The van der Waals surface area contributed by atoms with Crippen molar-refractivity contribution in [2.24, 2.45) is 0 Å². The van der Waals surface area contributed by atoms with Crippen molar-refractivity contribution in [3.8, 4) is 5.75 Å². The van der Waals surface area contributed by atoms with Gasteiger partial charge in [0.2, 0.25) is 0 Å².